The number of hydrogen-bond donors (Lipinski definition) is 2. The van der Waals surface area contributed by atoms with Gasteiger partial charge in [-0.1, -0.05) is 40.2 Å². The molecule has 0 fully saturated rings. The van der Waals surface area contributed by atoms with Crippen molar-refractivity contribution < 1.29 is 9.53 Å². The van der Waals surface area contributed by atoms with Crippen molar-refractivity contribution in [3.63, 3.8) is 0 Å². The molecule has 0 bridgehead atoms. The minimum atomic E-state index is -0.195. The van der Waals surface area contributed by atoms with Crippen LogP contribution in [-0.2, 0) is 6.54 Å². The van der Waals surface area contributed by atoms with E-state index < -0.39 is 0 Å². The molecule has 0 radical (unpaired) electrons. The number of halogens is 1. The molecule has 5 nitrogen and oxygen atoms in total. The third-order valence-electron chi connectivity index (χ3n) is 3.55. The molecule has 0 atom stereocenters. The molecule has 2 aromatic carbocycles. The number of hydrogen-bond acceptors (Lipinski definition) is 3. The third-order valence-corrected chi connectivity index (χ3v) is 4.08. The predicted octanol–water partition coefficient (Wildman–Crippen LogP) is 3.78. The summed E-state index contributed by atoms with van der Waals surface area (Å²) < 4.78 is 6.21. The van der Waals surface area contributed by atoms with Crippen molar-refractivity contribution in [3.05, 3.63) is 70.3 Å². The molecule has 0 aliphatic heterocycles. The summed E-state index contributed by atoms with van der Waals surface area (Å²) in [4.78, 5) is 12.2. The van der Waals surface area contributed by atoms with E-state index in [2.05, 4.69) is 31.4 Å². The minimum Gasteiger partial charge on any atom is -0.497 e. The summed E-state index contributed by atoms with van der Waals surface area (Å²) >= 11 is 3.39. The van der Waals surface area contributed by atoms with E-state index in [1.165, 1.54) is 0 Å². The van der Waals surface area contributed by atoms with E-state index in [4.69, 9.17) is 4.74 Å². The first-order valence-corrected chi connectivity index (χ1v) is 8.17. The molecule has 0 spiro atoms. The Morgan fingerprint density at radius 3 is 2.75 bits per heavy atom. The Bertz CT molecular complexity index is 843. The van der Waals surface area contributed by atoms with Crippen LogP contribution in [0, 0.1) is 0 Å². The minimum absolute atomic E-state index is 0.195. The number of nitrogens with one attached hydrogen (secondary N) is 2. The quantitative estimate of drug-likeness (QED) is 0.702. The molecule has 1 aromatic heterocycles. The van der Waals surface area contributed by atoms with Crippen LogP contribution in [0.3, 0.4) is 0 Å². The molecular formula is C18H16BrN3O2. The summed E-state index contributed by atoms with van der Waals surface area (Å²) in [7, 11) is 1.62. The van der Waals surface area contributed by atoms with Crippen LogP contribution in [-0.4, -0.2) is 23.2 Å². The number of nitrogens with zero attached hydrogens (tertiary/aromatic N) is 1. The molecule has 1 amide bonds. The molecule has 122 valence electrons. The largest absolute Gasteiger partial charge is 0.497 e. The second-order valence-electron chi connectivity index (χ2n) is 5.21. The zero-order chi connectivity index (χ0) is 16.9. The Hall–Kier alpha value is -2.60. The lowest BCUT2D eigenvalue weighted by atomic mass is 10.1. The highest BCUT2D eigenvalue weighted by atomic mass is 79.9. The van der Waals surface area contributed by atoms with Gasteiger partial charge in [-0.3, -0.25) is 9.89 Å². The molecule has 0 saturated carbocycles. The Morgan fingerprint density at radius 1 is 1.21 bits per heavy atom. The van der Waals surface area contributed by atoms with Crippen molar-refractivity contribution in [1.82, 2.24) is 15.5 Å². The van der Waals surface area contributed by atoms with Crippen LogP contribution in [0.2, 0.25) is 0 Å². The van der Waals surface area contributed by atoms with Crippen LogP contribution in [0.1, 0.15) is 16.1 Å². The van der Waals surface area contributed by atoms with Crippen molar-refractivity contribution in [2.24, 2.45) is 0 Å². The summed E-state index contributed by atoms with van der Waals surface area (Å²) in [5.74, 6) is 0.552. The highest BCUT2D eigenvalue weighted by Gasteiger charge is 2.11. The average Bonchev–Trinajstić information content (AvgIpc) is 3.11. The number of aromatic nitrogens is 2. The van der Waals surface area contributed by atoms with E-state index in [0.717, 1.165) is 21.3 Å². The van der Waals surface area contributed by atoms with Gasteiger partial charge in [0.1, 0.15) is 11.4 Å². The van der Waals surface area contributed by atoms with E-state index >= 15 is 0 Å². The van der Waals surface area contributed by atoms with E-state index in [-0.39, 0.29) is 5.91 Å². The molecular weight excluding hydrogens is 370 g/mol. The van der Waals surface area contributed by atoms with E-state index in [1.54, 1.807) is 13.2 Å². The van der Waals surface area contributed by atoms with Crippen molar-refractivity contribution in [1.29, 1.82) is 0 Å². The van der Waals surface area contributed by atoms with E-state index in [9.17, 15) is 4.79 Å². The van der Waals surface area contributed by atoms with Crippen LogP contribution in [0.4, 0.5) is 0 Å². The fourth-order valence-corrected chi connectivity index (χ4v) is 2.51. The topological polar surface area (TPSA) is 67.0 Å². The monoisotopic (exact) mass is 385 g/mol. The first-order valence-electron chi connectivity index (χ1n) is 7.38. The first-order chi connectivity index (χ1) is 11.7. The van der Waals surface area contributed by atoms with E-state index in [1.807, 2.05) is 48.5 Å². The van der Waals surface area contributed by atoms with Crippen LogP contribution < -0.4 is 10.1 Å². The van der Waals surface area contributed by atoms with E-state index in [0.29, 0.717) is 17.9 Å². The van der Waals surface area contributed by atoms with Gasteiger partial charge in [-0.15, -0.1) is 0 Å². The van der Waals surface area contributed by atoms with Gasteiger partial charge in [0.15, 0.2) is 0 Å². The van der Waals surface area contributed by atoms with Gasteiger partial charge in [-0.05, 0) is 35.9 Å². The summed E-state index contributed by atoms with van der Waals surface area (Å²) in [6, 6.07) is 17.1. The average molecular weight is 386 g/mol. The molecule has 6 heteroatoms. The van der Waals surface area contributed by atoms with Crippen molar-refractivity contribution in [2.75, 3.05) is 7.11 Å². The fraction of sp³-hybridized carbons (Fsp3) is 0.111. The summed E-state index contributed by atoms with van der Waals surface area (Å²) in [5.41, 5.74) is 3.03. The molecule has 2 N–H and O–H groups in total. The van der Waals surface area contributed by atoms with Gasteiger partial charge in [-0.25, -0.2) is 0 Å². The molecule has 0 aliphatic rings. The SMILES string of the molecule is COc1cccc(-c2cc(C(=O)NCc3ccc(Br)cc3)[nH]n2)c1. The molecule has 1 heterocycles. The third kappa shape index (κ3) is 3.83. The second-order valence-corrected chi connectivity index (χ2v) is 6.12. The summed E-state index contributed by atoms with van der Waals surface area (Å²) in [6.07, 6.45) is 0. The van der Waals surface area contributed by atoms with Crippen molar-refractivity contribution >= 4 is 21.8 Å². The van der Waals surface area contributed by atoms with Crippen LogP contribution in [0.15, 0.2) is 59.1 Å². The molecule has 3 aromatic rings. The maximum Gasteiger partial charge on any atom is 0.269 e. The lowest BCUT2D eigenvalue weighted by Gasteiger charge is -2.03. The van der Waals surface area contributed by atoms with Gasteiger partial charge in [0.05, 0.1) is 12.8 Å². The normalized spacial score (nSPS) is 10.4. The highest BCUT2D eigenvalue weighted by molar-refractivity contribution is 9.10. The Kier molecular flexibility index (Phi) is 4.96. The number of aromatic amines is 1. The van der Waals surface area contributed by atoms with Gasteiger partial charge in [-0.2, -0.15) is 5.10 Å². The van der Waals surface area contributed by atoms with Gasteiger partial charge in [0, 0.05) is 16.6 Å². The number of ether oxygens (including phenoxy) is 1. The summed E-state index contributed by atoms with van der Waals surface area (Å²) in [6.45, 7) is 0.458. The van der Waals surface area contributed by atoms with Gasteiger partial charge in [0.2, 0.25) is 0 Å². The summed E-state index contributed by atoms with van der Waals surface area (Å²) in [5, 5.41) is 9.85. The number of carbonyl (C=O) groups excluding carboxylic acids is 1. The predicted molar refractivity (Wildman–Crippen MR) is 95.9 cm³/mol. The molecule has 24 heavy (non-hydrogen) atoms. The first kappa shape index (κ1) is 16.3. The number of amides is 1. The lowest BCUT2D eigenvalue weighted by Crippen LogP contribution is -2.23. The number of methoxy groups -OCH3 is 1. The Morgan fingerprint density at radius 2 is 2.00 bits per heavy atom. The molecule has 0 unspecified atom stereocenters. The highest BCUT2D eigenvalue weighted by Crippen LogP contribution is 2.22. The van der Waals surface area contributed by atoms with Crippen molar-refractivity contribution in [2.45, 2.75) is 6.54 Å². The van der Waals surface area contributed by atoms with Gasteiger partial charge >= 0.3 is 0 Å². The number of rotatable bonds is 5. The molecule has 0 aliphatic carbocycles. The Labute approximate surface area is 148 Å². The molecule has 3 rings (SSSR count). The van der Waals surface area contributed by atoms with Crippen LogP contribution >= 0.6 is 15.9 Å². The van der Waals surface area contributed by atoms with Crippen LogP contribution in [0.25, 0.3) is 11.3 Å². The number of carbonyl (C=O) groups is 1. The maximum atomic E-state index is 12.2. The standard InChI is InChI=1S/C18H16BrN3O2/c1-24-15-4-2-3-13(9-15)16-10-17(22-21-16)18(23)20-11-12-5-7-14(19)8-6-12/h2-10H,11H2,1H3,(H,20,23)(H,21,22). The Balaban J connectivity index is 1.68. The van der Waals surface area contributed by atoms with Gasteiger partial charge < -0.3 is 10.1 Å². The number of benzene rings is 2. The van der Waals surface area contributed by atoms with Crippen LogP contribution in [0.5, 0.6) is 5.75 Å². The van der Waals surface area contributed by atoms with Gasteiger partial charge in [0.25, 0.3) is 5.91 Å². The fourth-order valence-electron chi connectivity index (χ4n) is 2.25. The molecule has 0 saturated heterocycles. The van der Waals surface area contributed by atoms with Crippen molar-refractivity contribution in [3.8, 4) is 17.0 Å². The number of H-pyrrole nitrogens is 1. The smallest absolute Gasteiger partial charge is 0.269 e. The zero-order valence-electron chi connectivity index (χ0n) is 13.0. The second kappa shape index (κ2) is 7.31. The maximum absolute atomic E-state index is 12.2. The zero-order valence-corrected chi connectivity index (χ0v) is 14.6. The lowest BCUT2D eigenvalue weighted by molar-refractivity contribution is 0.0946.